The van der Waals surface area contributed by atoms with Gasteiger partial charge in [0, 0.05) is 19.3 Å². The second kappa shape index (κ2) is 9.35. The number of hydrogen-bond donors (Lipinski definition) is 2. The predicted octanol–water partition coefficient (Wildman–Crippen LogP) is 3.48. The minimum Gasteiger partial charge on any atom is -0.351 e. The highest BCUT2D eigenvalue weighted by molar-refractivity contribution is 6.02. The smallest absolute Gasteiger partial charge is 0.287 e. The standard InChI is InChI=1S/C21H28N4O2/c1-2-3-13-22-20(26)18-17-11-7-8-15-25(17)19(24-18)21(27)23-14-12-16-9-5-4-6-10-16/h7-9,11,15H,2-6,10,12-14H2,1H3,(H,22,26)(H,23,27). The molecule has 6 heteroatoms. The van der Waals surface area contributed by atoms with Crippen LogP contribution in [-0.4, -0.2) is 34.3 Å². The molecule has 0 spiro atoms. The van der Waals surface area contributed by atoms with Crippen molar-refractivity contribution in [2.45, 2.75) is 51.9 Å². The molecule has 1 aliphatic rings. The van der Waals surface area contributed by atoms with E-state index in [1.165, 1.54) is 18.4 Å². The summed E-state index contributed by atoms with van der Waals surface area (Å²) >= 11 is 0. The van der Waals surface area contributed by atoms with E-state index < -0.39 is 0 Å². The summed E-state index contributed by atoms with van der Waals surface area (Å²) in [7, 11) is 0. The van der Waals surface area contributed by atoms with Crippen molar-refractivity contribution in [1.29, 1.82) is 0 Å². The molecule has 27 heavy (non-hydrogen) atoms. The number of rotatable bonds is 8. The van der Waals surface area contributed by atoms with Gasteiger partial charge in [0.25, 0.3) is 11.8 Å². The number of carbonyl (C=O) groups is 2. The van der Waals surface area contributed by atoms with E-state index in [0.717, 1.165) is 32.1 Å². The van der Waals surface area contributed by atoms with Crippen molar-refractivity contribution in [3.8, 4) is 0 Å². The zero-order chi connectivity index (χ0) is 19.1. The number of fused-ring (bicyclic) bond motifs is 1. The number of pyridine rings is 1. The zero-order valence-corrected chi connectivity index (χ0v) is 16.0. The maximum atomic E-state index is 12.7. The van der Waals surface area contributed by atoms with Gasteiger partial charge in [-0.25, -0.2) is 4.98 Å². The van der Waals surface area contributed by atoms with Gasteiger partial charge in [-0.05, 0) is 50.7 Å². The molecule has 6 nitrogen and oxygen atoms in total. The lowest BCUT2D eigenvalue weighted by Crippen LogP contribution is -2.27. The van der Waals surface area contributed by atoms with Gasteiger partial charge in [0.05, 0.1) is 5.52 Å². The van der Waals surface area contributed by atoms with Gasteiger partial charge >= 0.3 is 0 Å². The van der Waals surface area contributed by atoms with Crippen LogP contribution in [-0.2, 0) is 0 Å². The average Bonchev–Trinajstić information content (AvgIpc) is 3.09. The van der Waals surface area contributed by atoms with E-state index >= 15 is 0 Å². The minimum absolute atomic E-state index is 0.237. The monoisotopic (exact) mass is 368 g/mol. The highest BCUT2D eigenvalue weighted by Gasteiger charge is 2.21. The molecule has 2 aromatic heterocycles. The average molecular weight is 368 g/mol. The van der Waals surface area contributed by atoms with Crippen molar-refractivity contribution in [2.75, 3.05) is 13.1 Å². The third kappa shape index (κ3) is 4.76. The van der Waals surface area contributed by atoms with Crippen LogP contribution in [0.1, 0.15) is 73.0 Å². The lowest BCUT2D eigenvalue weighted by Gasteiger charge is -2.12. The van der Waals surface area contributed by atoms with Crippen LogP contribution < -0.4 is 10.6 Å². The summed E-state index contributed by atoms with van der Waals surface area (Å²) in [5.41, 5.74) is 2.36. The normalized spacial score (nSPS) is 14.0. The number of imidazole rings is 1. The Balaban J connectivity index is 1.70. The van der Waals surface area contributed by atoms with Gasteiger partial charge in [0.2, 0.25) is 5.82 Å². The number of hydrogen-bond acceptors (Lipinski definition) is 3. The first kappa shape index (κ1) is 19.1. The van der Waals surface area contributed by atoms with Crippen LogP contribution in [0, 0.1) is 0 Å². The Morgan fingerprint density at radius 2 is 2.00 bits per heavy atom. The van der Waals surface area contributed by atoms with E-state index in [-0.39, 0.29) is 17.6 Å². The highest BCUT2D eigenvalue weighted by Crippen LogP contribution is 2.19. The quantitative estimate of drug-likeness (QED) is 0.553. The Kier molecular flexibility index (Phi) is 6.63. The number of nitrogens with one attached hydrogen (secondary N) is 2. The van der Waals surface area contributed by atoms with E-state index in [4.69, 9.17) is 0 Å². The van der Waals surface area contributed by atoms with Crippen LogP contribution in [0.15, 0.2) is 36.0 Å². The van der Waals surface area contributed by atoms with Crippen LogP contribution in [0.2, 0.25) is 0 Å². The fourth-order valence-electron chi connectivity index (χ4n) is 3.37. The molecule has 3 rings (SSSR count). The van der Waals surface area contributed by atoms with Gasteiger partial charge in [0.15, 0.2) is 5.69 Å². The summed E-state index contributed by atoms with van der Waals surface area (Å²) in [6, 6.07) is 5.49. The third-order valence-corrected chi connectivity index (χ3v) is 4.90. The Hall–Kier alpha value is -2.63. The van der Waals surface area contributed by atoms with Gasteiger partial charge < -0.3 is 10.6 Å². The van der Waals surface area contributed by atoms with Gasteiger partial charge in [-0.1, -0.05) is 31.1 Å². The second-order valence-electron chi connectivity index (χ2n) is 6.96. The Bertz CT molecular complexity index is 838. The lowest BCUT2D eigenvalue weighted by atomic mass is 9.97. The molecule has 144 valence electrons. The molecule has 0 aliphatic heterocycles. The predicted molar refractivity (Wildman–Crippen MR) is 106 cm³/mol. The van der Waals surface area contributed by atoms with E-state index in [0.29, 0.717) is 24.3 Å². The van der Waals surface area contributed by atoms with Crippen molar-refractivity contribution in [2.24, 2.45) is 0 Å². The number of amides is 2. The molecule has 2 amide bonds. The van der Waals surface area contributed by atoms with Gasteiger partial charge in [-0.15, -0.1) is 0 Å². The van der Waals surface area contributed by atoms with Crippen LogP contribution in [0.4, 0.5) is 0 Å². The third-order valence-electron chi connectivity index (χ3n) is 4.90. The maximum absolute atomic E-state index is 12.7. The number of nitrogens with zero attached hydrogens (tertiary/aromatic N) is 2. The molecule has 1 aliphatic carbocycles. The molecule has 2 N–H and O–H groups in total. The van der Waals surface area contributed by atoms with Crippen molar-refractivity contribution in [1.82, 2.24) is 20.0 Å². The van der Waals surface area contributed by atoms with Crippen molar-refractivity contribution in [3.63, 3.8) is 0 Å². The van der Waals surface area contributed by atoms with Crippen LogP contribution in [0.3, 0.4) is 0 Å². The molecule has 2 heterocycles. The van der Waals surface area contributed by atoms with E-state index in [1.54, 1.807) is 10.6 Å². The number of aromatic nitrogens is 2. The molecule has 0 bridgehead atoms. The Labute approximate surface area is 160 Å². The maximum Gasteiger partial charge on any atom is 0.287 e. The summed E-state index contributed by atoms with van der Waals surface area (Å²) in [4.78, 5) is 29.5. The van der Waals surface area contributed by atoms with Gasteiger partial charge in [-0.2, -0.15) is 0 Å². The van der Waals surface area contributed by atoms with Crippen molar-refractivity contribution < 1.29 is 9.59 Å². The lowest BCUT2D eigenvalue weighted by molar-refractivity contribution is 0.0943. The summed E-state index contributed by atoms with van der Waals surface area (Å²) < 4.78 is 1.68. The van der Waals surface area contributed by atoms with Gasteiger partial charge in [-0.3, -0.25) is 14.0 Å². The van der Waals surface area contributed by atoms with E-state index in [9.17, 15) is 9.59 Å². The molecule has 0 unspecified atom stereocenters. The summed E-state index contributed by atoms with van der Waals surface area (Å²) in [5, 5.41) is 5.82. The topological polar surface area (TPSA) is 75.5 Å². The minimum atomic E-state index is -0.250. The summed E-state index contributed by atoms with van der Waals surface area (Å²) in [6.45, 7) is 3.27. The van der Waals surface area contributed by atoms with Crippen LogP contribution in [0.5, 0.6) is 0 Å². The van der Waals surface area contributed by atoms with E-state index in [1.807, 2.05) is 18.2 Å². The first-order valence-corrected chi connectivity index (χ1v) is 9.92. The molecule has 2 aromatic rings. The molecule has 0 fully saturated rings. The molecule has 0 saturated heterocycles. The number of unbranched alkanes of at least 4 members (excludes halogenated alkanes) is 1. The molecule has 0 atom stereocenters. The van der Waals surface area contributed by atoms with Crippen LogP contribution in [0.25, 0.3) is 5.52 Å². The highest BCUT2D eigenvalue weighted by atomic mass is 16.2. The van der Waals surface area contributed by atoms with Gasteiger partial charge in [0.1, 0.15) is 0 Å². The first-order valence-electron chi connectivity index (χ1n) is 9.92. The Morgan fingerprint density at radius 3 is 2.78 bits per heavy atom. The SMILES string of the molecule is CCCCNC(=O)c1nc(C(=O)NCCC2=CCCCC2)n2ccccc12. The molecular weight excluding hydrogens is 340 g/mol. The fraction of sp³-hybridized carbons (Fsp3) is 0.476. The molecular formula is C21H28N4O2. The summed E-state index contributed by atoms with van der Waals surface area (Å²) in [5.74, 6) is -0.234. The number of allylic oxidation sites excluding steroid dienone is 1. The fourth-order valence-corrected chi connectivity index (χ4v) is 3.37. The molecule has 0 saturated carbocycles. The van der Waals surface area contributed by atoms with Crippen LogP contribution >= 0.6 is 0 Å². The molecule has 0 radical (unpaired) electrons. The Morgan fingerprint density at radius 1 is 1.15 bits per heavy atom. The first-order chi connectivity index (χ1) is 13.2. The van der Waals surface area contributed by atoms with Crippen molar-refractivity contribution in [3.05, 3.63) is 47.6 Å². The zero-order valence-electron chi connectivity index (χ0n) is 16.0. The second-order valence-corrected chi connectivity index (χ2v) is 6.96. The summed E-state index contributed by atoms with van der Waals surface area (Å²) in [6.07, 6.45) is 11.6. The van der Waals surface area contributed by atoms with E-state index in [2.05, 4.69) is 28.6 Å². The molecule has 0 aromatic carbocycles. The van der Waals surface area contributed by atoms with Crippen molar-refractivity contribution >= 4 is 17.3 Å². The number of carbonyl (C=O) groups excluding carboxylic acids is 2. The largest absolute Gasteiger partial charge is 0.351 e.